The number of hydrogen-bond acceptors (Lipinski definition) is 2. The van der Waals surface area contributed by atoms with E-state index in [-0.39, 0.29) is 12.0 Å². The van der Waals surface area contributed by atoms with Crippen LogP contribution in [0.4, 0.5) is 0 Å². The fourth-order valence-corrected chi connectivity index (χ4v) is 1.60. The average molecular weight is 243 g/mol. The number of hydrogen-bond donors (Lipinski definition) is 0. The van der Waals surface area contributed by atoms with E-state index in [2.05, 4.69) is 13.8 Å². The molecule has 0 atom stereocenters. The lowest BCUT2D eigenvalue weighted by molar-refractivity contribution is -0.132. The third-order valence-electron chi connectivity index (χ3n) is 2.68. The molecule has 0 fully saturated rings. The van der Waals surface area contributed by atoms with Crippen LogP contribution in [-0.2, 0) is 9.53 Å². The van der Waals surface area contributed by atoms with E-state index in [1.54, 1.807) is 0 Å². The SMILES string of the molecule is CCCCN(CCCC)C(=O)CCOC(C)C. The van der Waals surface area contributed by atoms with Crippen LogP contribution in [0.5, 0.6) is 0 Å². The number of amides is 1. The maximum atomic E-state index is 12.0. The highest BCUT2D eigenvalue weighted by Crippen LogP contribution is 2.03. The Balaban J connectivity index is 3.93. The van der Waals surface area contributed by atoms with Crippen molar-refractivity contribution in [2.45, 2.75) is 65.9 Å². The quantitative estimate of drug-likeness (QED) is 0.589. The third-order valence-corrected chi connectivity index (χ3v) is 2.68. The number of carbonyl (C=O) groups is 1. The second-order valence-corrected chi connectivity index (χ2v) is 4.76. The minimum atomic E-state index is 0.211. The van der Waals surface area contributed by atoms with Gasteiger partial charge in [-0.3, -0.25) is 4.79 Å². The van der Waals surface area contributed by atoms with Crippen LogP contribution >= 0.6 is 0 Å². The van der Waals surface area contributed by atoms with Crippen LogP contribution in [-0.4, -0.2) is 36.6 Å². The van der Waals surface area contributed by atoms with Crippen molar-refractivity contribution in [2.75, 3.05) is 19.7 Å². The molecule has 0 aliphatic heterocycles. The predicted molar refractivity (Wildman–Crippen MR) is 72.1 cm³/mol. The Labute approximate surface area is 107 Å². The largest absolute Gasteiger partial charge is 0.378 e. The zero-order valence-corrected chi connectivity index (χ0v) is 12.0. The van der Waals surface area contributed by atoms with Crippen molar-refractivity contribution in [1.29, 1.82) is 0 Å². The van der Waals surface area contributed by atoms with Crippen LogP contribution in [0, 0.1) is 0 Å². The molecular formula is C14H29NO2. The zero-order valence-electron chi connectivity index (χ0n) is 12.0. The van der Waals surface area contributed by atoms with Crippen molar-refractivity contribution in [1.82, 2.24) is 4.90 Å². The highest BCUT2D eigenvalue weighted by molar-refractivity contribution is 5.76. The number of rotatable bonds is 10. The molecule has 3 nitrogen and oxygen atoms in total. The first-order valence-electron chi connectivity index (χ1n) is 7.01. The van der Waals surface area contributed by atoms with E-state index in [0.29, 0.717) is 13.0 Å². The second kappa shape index (κ2) is 10.6. The maximum absolute atomic E-state index is 12.0. The fraction of sp³-hybridized carbons (Fsp3) is 0.929. The number of unbranched alkanes of at least 4 members (excludes halogenated alkanes) is 2. The van der Waals surface area contributed by atoms with Crippen LogP contribution in [0.15, 0.2) is 0 Å². The van der Waals surface area contributed by atoms with E-state index in [1.165, 1.54) is 0 Å². The monoisotopic (exact) mass is 243 g/mol. The Morgan fingerprint density at radius 2 is 1.65 bits per heavy atom. The van der Waals surface area contributed by atoms with Gasteiger partial charge >= 0.3 is 0 Å². The molecule has 3 heteroatoms. The average Bonchev–Trinajstić information content (AvgIpc) is 2.28. The molecule has 0 radical (unpaired) electrons. The number of ether oxygens (including phenoxy) is 1. The molecule has 0 aromatic carbocycles. The molecule has 0 rings (SSSR count). The van der Waals surface area contributed by atoms with E-state index < -0.39 is 0 Å². The van der Waals surface area contributed by atoms with E-state index in [9.17, 15) is 4.79 Å². The predicted octanol–water partition coefficient (Wildman–Crippen LogP) is 3.23. The third kappa shape index (κ3) is 9.16. The van der Waals surface area contributed by atoms with Gasteiger partial charge in [-0.15, -0.1) is 0 Å². The fourth-order valence-electron chi connectivity index (χ4n) is 1.60. The van der Waals surface area contributed by atoms with Gasteiger partial charge in [0, 0.05) is 13.1 Å². The first-order chi connectivity index (χ1) is 8.11. The van der Waals surface area contributed by atoms with E-state index in [0.717, 1.165) is 38.8 Å². The summed E-state index contributed by atoms with van der Waals surface area (Å²) in [5.74, 6) is 0.243. The molecule has 0 aromatic rings. The summed E-state index contributed by atoms with van der Waals surface area (Å²) in [7, 11) is 0. The molecule has 0 bridgehead atoms. The lowest BCUT2D eigenvalue weighted by Gasteiger charge is -2.22. The summed E-state index contributed by atoms with van der Waals surface area (Å²) < 4.78 is 5.42. The molecule has 0 aromatic heterocycles. The molecule has 0 N–H and O–H groups in total. The first kappa shape index (κ1) is 16.4. The minimum Gasteiger partial charge on any atom is -0.378 e. The smallest absolute Gasteiger partial charge is 0.224 e. The number of carbonyl (C=O) groups excluding carboxylic acids is 1. The summed E-state index contributed by atoms with van der Waals surface area (Å²) in [5.41, 5.74) is 0. The van der Waals surface area contributed by atoms with Gasteiger partial charge in [-0.05, 0) is 26.7 Å². The summed E-state index contributed by atoms with van der Waals surface area (Å²) in [6.45, 7) is 10.7. The van der Waals surface area contributed by atoms with Gasteiger partial charge in [0.1, 0.15) is 0 Å². The van der Waals surface area contributed by atoms with E-state index in [1.807, 2.05) is 18.7 Å². The zero-order chi connectivity index (χ0) is 13.1. The van der Waals surface area contributed by atoms with Crippen LogP contribution in [0.3, 0.4) is 0 Å². The Kier molecular flexibility index (Phi) is 10.2. The van der Waals surface area contributed by atoms with Crippen LogP contribution < -0.4 is 0 Å². The Morgan fingerprint density at radius 1 is 1.12 bits per heavy atom. The second-order valence-electron chi connectivity index (χ2n) is 4.76. The van der Waals surface area contributed by atoms with Crippen molar-refractivity contribution in [3.05, 3.63) is 0 Å². The summed E-state index contributed by atoms with van der Waals surface area (Å²) in [5, 5.41) is 0. The van der Waals surface area contributed by atoms with Crippen molar-refractivity contribution >= 4 is 5.91 Å². The summed E-state index contributed by atoms with van der Waals surface area (Å²) in [6, 6.07) is 0. The Bertz CT molecular complexity index is 185. The van der Waals surface area contributed by atoms with Crippen molar-refractivity contribution in [3.63, 3.8) is 0 Å². The van der Waals surface area contributed by atoms with Crippen LogP contribution in [0.2, 0.25) is 0 Å². The molecule has 1 amide bonds. The summed E-state index contributed by atoms with van der Waals surface area (Å²) in [4.78, 5) is 14.0. The van der Waals surface area contributed by atoms with Gasteiger partial charge in [0.05, 0.1) is 19.1 Å². The van der Waals surface area contributed by atoms with Gasteiger partial charge in [-0.1, -0.05) is 26.7 Å². The molecule has 0 spiro atoms. The van der Waals surface area contributed by atoms with Crippen molar-refractivity contribution in [3.8, 4) is 0 Å². The normalized spacial score (nSPS) is 10.9. The maximum Gasteiger partial charge on any atom is 0.224 e. The molecule has 102 valence electrons. The van der Waals surface area contributed by atoms with Gasteiger partial charge in [-0.2, -0.15) is 0 Å². The molecule has 0 unspecified atom stereocenters. The Hall–Kier alpha value is -0.570. The van der Waals surface area contributed by atoms with Gasteiger partial charge in [0.2, 0.25) is 5.91 Å². The van der Waals surface area contributed by atoms with Crippen molar-refractivity contribution in [2.24, 2.45) is 0 Å². The molecular weight excluding hydrogens is 214 g/mol. The highest BCUT2D eigenvalue weighted by atomic mass is 16.5. The standard InChI is InChI=1S/C14H29NO2/c1-5-7-10-15(11-8-6-2)14(16)9-12-17-13(3)4/h13H,5-12H2,1-4H3. The highest BCUT2D eigenvalue weighted by Gasteiger charge is 2.12. The topological polar surface area (TPSA) is 29.5 Å². The van der Waals surface area contributed by atoms with E-state index >= 15 is 0 Å². The summed E-state index contributed by atoms with van der Waals surface area (Å²) in [6.07, 6.45) is 5.20. The van der Waals surface area contributed by atoms with E-state index in [4.69, 9.17) is 4.74 Å². The van der Waals surface area contributed by atoms with Gasteiger partial charge < -0.3 is 9.64 Å². The molecule has 0 saturated heterocycles. The van der Waals surface area contributed by atoms with Crippen molar-refractivity contribution < 1.29 is 9.53 Å². The molecule has 0 aliphatic carbocycles. The lowest BCUT2D eigenvalue weighted by Crippen LogP contribution is -2.33. The first-order valence-corrected chi connectivity index (χ1v) is 7.01. The van der Waals surface area contributed by atoms with Crippen LogP contribution in [0.25, 0.3) is 0 Å². The molecule has 0 saturated carbocycles. The van der Waals surface area contributed by atoms with Gasteiger partial charge in [-0.25, -0.2) is 0 Å². The van der Waals surface area contributed by atoms with Gasteiger partial charge in [0.15, 0.2) is 0 Å². The lowest BCUT2D eigenvalue weighted by atomic mass is 10.2. The summed E-state index contributed by atoms with van der Waals surface area (Å²) >= 11 is 0. The Morgan fingerprint density at radius 3 is 2.06 bits per heavy atom. The van der Waals surface area contributed by atoms with Crippen LogP contribution in [0.1, 0.15) is 59.8 Å². The minimum absolute atomic E-state index is 0.211. The number of nitrogens with zero attached hydrogens (tertiary/aromatic N) is 1. The molecule has 0 heterocycles. The molecule has 17 heavy (non-hydrogen) atoms. The van der Waals surface area contributed by atoms with Gasteiger partial charge in [0.25, 0.3) is 0 Å². The molecule has 0 aliphatic rings.